The average molecular weight is 280 g/mol. The monoisotopic (exact) mass is 280 g/mol. The number of amides is 2. The highest BCUT2D eigenvalue weighted by Crippen LogP contribution is 2.28. The molecule has 2 atom stereocenters. The Morgan fingerprint density at radius 1 is 1.20 bits per heavy atom. The summed E-state index contributed by atoms with van der Waals surface area (Å²) in [5.74, 6) is 0. The van der Waals surface area contributed by atoms with Crippen LogP contribution in [0.1, 0.15) is 32.1 Å². The van der Waals surface area contributed by atoms with Crippen molar-refractivity contribution in [2.45, 2.75) is 50.2 Å². The summed E-state index contributed by atoms with van der Waals surface area (Å²) in [6.45, 7) is 3.55. The maximum Gasteiger partial charge on any atom is 0.317 e. The maximum absolute atomic E-state index is 12.3. The molecule has 3 aliphatic rings. The van der Waals surface area contributed by atoms with Crippen LogP contribution in [0, 0.1) is 0 Å². The second kappa shape index (κ2) is 5.90. The third-order valence-electron chi connectivity index (χ3n) is 5.35. The van der Waals surface area contributed by atoms with Crippen LogP contribution < -0.4 is 5.32 Å². The van der Waals surface area contributed by atoms with Crippen molar-refractivity contribution in [3.8, 4) is 0 Å². The van der Waals surface area contributed by atoms with Gasteiger partial charge in [0.25, 0.3) is 0 Å². The topological polar surface area (TPSA) is 38.8 Å². The molecular weight excluding hydrogens is 252 g/mol. The molecule has 0 spiro atoms. The number of carbonyl (C=O) groups is 1. The van der Waals surface area contributed by atoms with Gasteiger partial charge in [0.05, 0.1) is 0 Å². The van der Waals surface area contributed by atoms with Crippen molar-refractivity contribution >= 4 is 6.03 Å². The van der Waals surface area contributed by atoms with E-state index in [1.165, 1.54) is 25.7 Å². The standard InChI is InChI=1S/C15H28N4O/c1-17(12-3-4-12)10-8-16-15(20)19-9-7-13-5-6-14(11-19)18(13)2/h12-14H,3-11H2,1-2H3,(H,16,20). The molecule has 5 nitrogen and oxygen atoms in total. The summed E-state index contributed by atoms with van der Waals surface area (Å²) in [5.41, 5.74) is 0. The van der Waals surface area contributed by atoms with Gasteiger partial charge in [-0.3, -0.25) is 4.90 Å². The zero-order chi connectivity index (χ0) is 14.1. The SMILES string of the molecule is CN(CCNC(=O)N1CCC2CCC(C1)N2C)C1CC1. The van der Waals surface area contributed by atoms with Gasteiger partial charge in [-0.05, 0) is 46.2 Å². The minimum atomic E-state index is 0.134. The molecule has 2 saturated heterocycles. The van der Waals surface area contributed by atoms with Gasteiger partial charge in [-0.15, -0.1) is 0 Å². The first-order valence-electron chi connectivity index (χ1n) is 8.10. The Bertz CT molecular complexity index is 358. The number of rotatable bonds is 4. The smallest absolute Gasteiger partial charge is 0.317 e. The van der Waals surface area contributed by atoms with Crippen LogP contribution in [0.4, 0.5) is 4.79 Å². The molecule has 20 heavy (non-hydrogen) atoms. The van der Waals surface area contributed by atoms with Gasteiger partial charge in [0.15, 0.2) is 0 Å². The van der Waals surface area contributed by atoms with E-state index in [4.69, 9.17) is 0 Å². The normalized spacial score (nSPS) is 30.6. The highest BCUT2D eigenvalue weighted by molar-refractivity contribution is 5.74. The third-order valence-corrected chi connectivity index (χ3v) is 5.35. The Hall–Kier alpha value is -0.810. The van der Waals surface area contributed by atoms with Crippen LogP contribution in [-0.4, -0.2) is 79.1 Å². The summed E-state index contributed by atoms with van der Waals surface area (Å²) in [4.78, 5) is 19.1. The van der Waals surface area contributed by atoms with Crippen LogP contribution in [0.3, 0.4) is 0 Å². The van der Waals surface area contributed by atoms with Gasteiger partial charge < -0.3 is 15.1 Å². The summed E-state index contributed by atoms with van der Waals surface area (Å²) in [6, 6.07) is 2.17. The van der Waals surface area contributed by atoms with Crippen LogP contribution in [-0.2, 0) is 0 Å². The van der Waals surface area contributed by atoms with Crippen molar-refractivity contribution in [1.82, 2.24) is 20.0 Å². The van der Waals surface area contributed by atoms with Crippen molar-refractivity contribution in [2.75, 3.05) is 40.3 Å². The number of carbonyl (C=O) groups excluding carboxylic acids is 1. The first kappa shape index (κ1) is 14.1. The summed E-state index contributed by atoms with van der Waals surface area (Å²) in [6.07, 6.45) is 6.33. The molecule has 114 valence electrons. The zero-order valence-electron chi connectivity index (χ0n) is 12.8. The van der Waals surface area contributed by atoms with E-state index >= 15 is 0 Å². The van der Waals surface area contributed by atoms with Gasteiger partial charge in [0.2, 0.25) is 0 Å². The second-order valence-corrected chi connectivity index (χ2v) is 6.73. The number of likely N-dealkylation sites (N-methyl/N-ethyl adjacent to an activating group) is 2. The molecule has 5 heteroatoms. The van der Waals surface area contributed by atoms with E-state index in [1.807, 2.05) is 4.90 Å². The minimum absolute atomic E-state index is 0.134. The zero-order valence-corrected chi connectivity index (χ0v) is 12.8. The molecule has 2 heterocycles. The number of likely N-dealkylation sites (tertiary alicyclic amines) is 1. The van der Waals surface area contributed by atoms with Crippen molar-refractivity contribution in [3.05, 3.63) is 0 Å². The van der Waals surface area contributed by atoms with Crippen molar-refractivity contribution in [3.63, 3.8) is 0 Å². The number of hydrogen-bond acceptors (Lipinski definition) is 3. The van der Waals surface area contributed by atoms with E-state index in [1.54, 1.807) is 0 Å². The van der Waals surface area contributed by atoms with Crippen molar-refractivity contribution < 1.29 is 4.79 Å². The first-order valence-corrected chi connectivity index (χ1v) is 8.10. The molecule has 2 unspecified atom stereocenters. The Labute approximate surface area is 122 Å². The predicted octanol–water partition coefficient (Wildman–Crippen LogP) is 0.959. The van der Waals surface area contributed by atoms with Crippen LogP contribution in [0.5, 0.6) is 0 Å². The van der Waals surface area contributed by atoms with E-state index in [9.17, 15) is 4.79 Å². The summed E-state index contributed by atoms with van der Waals surface area (Å²) >= 11 is 0. The number of nitrogens with zero attached hydrogens (tertiary/aromatic N) is 3. The molecule has 2 bridgehead atoms. The highest BCUT2D eigenvalue weighted by Gasteiger charge is 2.35. The van der Waals surface area contributed by atoms with Crippen LogP contribution in [0.15, 0.2) is 0 Å². The summed E-state index contributed by atoms with van der Waals surface area (Å²) in [7, 11) is 4.37. The second-order valence-electron chi connectivity index (χ2n) is 6.73. The number of fused-ring (bicyclic) bond motifs is 2. The molecule has 0 aromatic carbocycles. The summed E-state index contributed by atoms with van der Waals surface area (Å²) < 4.78 is 0. The van der Waals surface area contributed by atoms with Crippen molar-refractivity contribution in [2.24, 2.45) is 0 Å². The van der Waals surface area contributed by atoms with E-state index < -0.39 is 0 Å². The first-order chi connectivity index (χ1) is 9.65. The van der Waals surface area contributed by atoms with Gasteiger partial charge in [-0.2, -0.15) is 0 Å². The van der Waals surface area contributed by atoms with Gasteiger partial charge in [-0.1, -0.05) is 0 Å². The fourth-order valence-corrected chi connectivity index (χ4v) is 3.64. The maximum atomic E-state index is 12.3. The molecule has 1 aliphatic carbocycles. The Morgan fingerprint density at radius 2 is 1.95 bits per heavy atom. The lowest BCUT2D eigenvalue weighted by Crippen LogP contribution is -2.46. The van der Waals surface area contributed by atoms with Gasteiger partial charge >= 0.3 is 6.03 Å². The van der Waals surface area contributed by atoms with Gasteiger partial charge in [0.1, 0.15) is 0 Å². The van der Waals surface area contributed by atoms with Crippen LogP contribution in [0.2, 0.25) is 0 Å². The fourth-order valence-electron chi connectivity index (χ4n) is 3.64. The quantitative estimate of drug-likeness (QED) is 0.833. The number of urea groups is 1. The molecular formula is C15H28N4O. The lowest BCUT2D eigenvalue weighted by Gasteiger charge is -2.26. The minimum Gasteiger partial charge on any atom is -0.337 e. The largest absolute Gasteiger partial charge is 0.337 e. The molecule has 3 rings (SSSR count). The van der Waals surface area contributed by atoms with E-state index in [-0.39, 0.29) is 6.03 Å². The van der Waals surface area contributed by atoms with Gasteiger partial charge in [-0.25, -0.2) is 4.79 Å². The van der Waals surface area contributed by atoms with E-state index in [0.29, 0.717) is 12.1 Å². The Balaban J connectivity index is 1.42. The fraction of sp³-hybridized carbons (Fsp3) is 0.933. The number of nitrogens with one attached hydrogen (secondary N) is 1. The number of hydrogen-bond donors (Lipinski definition) is 1. The lowest BCUT2D eigenvalue weighted by molar-refractivity contribution is 0.186. The van der Waals surface area contributed by atoms with Crippen LogP contribution >= 0.6 is 0 Å². The predicted molar refractivity (Wildman–Crippen MR) is 79.8 cm³/mol. The molecule has 0 aromatic heterocycles. The molecule has 1 N–H and O–H groups in total. The Morgan fingerprint density at radius 3 is 2.70 bits per heavy atom. The van der Waals surface area contributed by atoms with Crippen molar-refractivity contribution in [1.29, 1.82) is 0 Å². The lowest BCUT2D eigenvalue weighted by atomic mass is 10.1. The Kier molecular flexibility index (Phi) is 4.17. The summed E-state index contributed by atoms with van der Waals surface area (Å²) in [5, 5.41) is 3.09. The molecule has 0 aromatic rings. The van der Waals surface area contributed by atoms with Crippen LogP contribution in [0.25, 0.3) is 0 Å². The third kappa shape index (κ3) is 3.09. The van der Waals surface area contributed by atoms with E-state index in [2.05, 4.69) is 29.2 Å². The molecule has 1 saturated carbocycles. The molecule has 2 aliphatic heterocycles. The van der Waals surface area contributed by atoms with Gasteiger partial charge in [0, 0.05) is 44.3 Å². The average Bonchev–Trinajstić information content (AvgIpc) is 3.19. The molecule has 0 radical (unpaired) electrons. The molecule has 3 fully saturated rings. The van der Waals surface area contributed by atoms with E-state index in [0.717, 1.165) is 38.6 Å². The highest BCUT2D eigenvalue weighted by atomic mass is 16.2. The molecule has 2 amide bonds.